The van der Waals surface area contributed by atoms with Gasteiger partial charge in [-0.1, -0.05) is 129 Å². The quantitative estimate of drug-likeness (QED) is 0.146. The first-order valence-electron chi connectivity index (χ1n) is 12.6. The Kier molecular flexibility index (Phi) is 20.6. The molecule has 0 aliphatic rings. The van der Waals surface area contributed by atoms with Crippen LogP contribution in [-0.4, -0.2) is 10.8 Å². The molecule has 0 aromatic carbocycles. The maximum atomic E-state index is 10.3. The number of hydrogen-bond acceptors (Lipinski definition) is 2. The summed E-state index contributed by atoms with van der Waals surface area (Å²) in [6.07, 6.45) is 28.2. The van der Waals surface area contributed by atoms with E-state index in [0.29, 0.717) is 0 Å². The molecule has 164 valence electrons. The summed E-state index contributed by atoms with van der Waals surface area (Å²) in [6.45, 7) is 4.54. The predicted octanol–water partition coefficient (Wildman–Crippen LogP) is 8.26. The van der Waals surface area contributed by atoms with Crippen molar-refractivity contribution < 1.29 is 5.11 Å². The maximum absolute atomic E-state index is 10.3. The van der Waals surface area contributed by atoms with Crippen molar-refractivity contribution in [3.05, 3.63) is 0 Å². The van der Waals surface area contributed by atoms with Gasteiger partial charge in [0.2, 0.25) is 0 Å². The minimum Gasteiger partial charge on any atom is -0.376 e. The topological polar surface area (TPSA) is 46.2 Å². The van der Waals surface area contributed by atoms with E-state index in [2.05, 4.69) is 13.8 Å². The van der Waals surface area contributed by atoms with Crippen LogP contribution in [0.2, 0.25) is 0 Å². The third kappa shape index (κ3) is 22.1. The maximum Gasteiger partial charge on any atom is 0.113 e. The summed E-state index contributed by atoms with van der Waals surface area (Å²) in [5.41, 5.74) is 5.17. The Balaban J connectivity index is 3.30. The fraction of sp³-hybridized carbons (Fsp3) is 1.00. The zero-order chi connectivity index (χ0) is 20.1. The summed E-state index contributed by atoms with van der Waals surface area (Å²) in [4.78, 5) is 0. The van der Waals surface area contributed by atoms with Crippen LogP contribution in [-0.2, 0) is 0 Å². The molecule has 0 aliphatic carbocycles. The van der Waals surface area contributed by atoms with Crippen molar-refractivity contribution in [3.8, 4) is 0 Å². The minimum absolute atomic E-state index is 0.778. The first-order valence-corrected chi connectivity index (χ1v) is 12.6. The van der Waals surface area contributed by atoms with Gasteiger partial charge in [0.25, 0.3) is 0 Å². The fourth-order valence-electron chi connectivity index (χ4n) is 3.96. The highest BCUT2D eigenvalue weighted by atomic mass is 16.3. The van der Waals surface area contributed by atoms with Crippen molar-refractivity contribution in [1.29, 1.82) is 0 Å². The largest absolute Gasteiger partial charge is 0.376 e. The molecule has 2 heteroatoms. The molecule has 3 N–H and O–H groups in total. The molecule has 0 saturated carbocycles. The highest BCUT2D eigenvalue weighted by molar-refractivity contribution is 4.70. The summed E-state index contributed by atoms with van der Waals surface area (Å²) in [5, 5.41) is 10.3. The summed E-state index contributed by atoms with van der Waals surface area (Å²) in [7, 11) is 0. The van der Waals surface area contributed by atoms with Crippen molar-refractivity contribution in [2.45, 2.75) is 161 Å². The van der Waals surface area contributed by atoms with Gasteiger partial charge >= 0.3 is 0 Å². The van der Waals surface area contributed by atoms with Gasteiger partial charge in [-0.25, -0.2) is 0 Å². The molecule has 0 fully saturated rings. The van der Waals surface area contributed by atoms with Gasteiger partial charge in [0.1, 0.15) is 5.72 Å². The zero-order valence-corrected chi connectivity index (χ0v) is 19.1. The Labute approximate surface area is 172 Å². The molecule has 0 radical (unpaired) electrons. The molecule has 2 nitrogen and oxygen atoms in total. The predicted molar refractivity (Wildman–Crippen MR) is 122 cm³/mol. The average molecular weight is 384 g/mol. The van der Waals surface area contributed by atoms with Gasteiger partial charge in [-0.2, -0.15) is 0 Å². The summed E-state index contributed by atoms with van der Waals surface area (Å²) < 4.78 is 0. The lowest BCUT2D eigenvalue weighted by Crippen LogP contribution is -2.39. The Morgan fingerprint density at radius 2 is 0.667 bits per heavy atom. The van der Waals surface area contributed by atoms with Crippen LogP contribution in [0.3, 0.4) is 0 Å². The molecule has 27 heavy (non-hydrogen) atoms. The van der Waals surface area contributed by atoms with Crippen LogP contribution < -0.4 is 5.73 Å². The smallest absolute Gasteiger partial charge is 0.113 e. The van der Waals surface area contributed by atoms with Crippen LogP contribution in [0, 0.1) is 0 Å². The van der Waals surface area contributed by atoms with Gasteiger partial charge < -0.3 is 10.8 Å². The van der Waals surface area contributed by atoms with Gasteiger partial charge in [0, 0.05) is 0 Å². The molecule has 0 aromatic heterocycles. The molecular weight excluding hydrogens is 330 g/mol. The first-order chi connectivity index (χ1) is 13.1. The van der Waals surface area contributed by atoms with Crippen LogP contribution >= 0.6 is 0 Å². The molecule has 0 saturated heterocycles. The average Bonchev–Trinajstić information content (AvgIpc) is 2.64. The highest BCUT2D eigenvalue weighted by Gasteiger charge is 2.19. The molecule has 0 bridgehead atoms. The van der Waals surface area contributed by atoms with Crippen molar-refractivity contribution >= 4 is 0 Å². The Hall–Kier alpha value is -0.0800. The van der Waals surface area contributed by atoms with E-state index in [1.165, 1.54) is 116 Å². The molecule has 0 amide bonds. The Bertz CT molecular complexity index is 277. The van der Waals surface area contributed by atoms with Crippen LogP contribution in [0.5, 0.6) is 0 Å². The van der Waals surface area contributed by atoms with E-state index in [-0.39, 0.29) is 0 Å². The van der Waals surface area contributed by atoms with E-state index in [1.807, 2.05) is 0 Å². The third-order valence-electron chi connectivity index (χ3n) is 5.93. The summed E-state index contributed by atoms with van der Waals surface area (Å²) >= 11 is 0. The van der Waals surface area contributed by atoms with E-state index >= 15 is 0 Å². The van der Waals surface area contributed by atoms with Gasteiger partial charge in [0.15, 0.2) is 0 Å². The van der Waals surface area contributed by atoms with Crippen LogP contribution in [0.1, 0.15) is 155 Å². The number of rotatable bonds is 22. The van der Waals surface area contributed by atoms with Gasteiger partial charge in [-0.3, -0.25) is 0 Å². The van der Waals surface area contributed by atoms with Crippen molar-refractivity contribution in [2.24, 2.45) is 5.73 Å². The second-order valence-electron chi connectivity index (χ2n) is 8.97. The molecule has 1 unspecified atom stereocenters. The van der Waals surface area contributed by atoms with Crippen molar-refractivity contribution in [2.75, 3.05) is 0 Å². The molecular formula is C25H53NO. The molecule has 0 aliphatic heterocycles. The van der Waals surface area contributed by atoms with E-state index in [0.717, 1.165) is 25.7 Å². The molecule has 0 aromatic rings. The lowest BCUT2D eigenvalue weighted by Gasteiger charge is -2.23. The highest BCUT2D eigenvalue weighted by Crippen LogP contribution is 2.19. The third-order valence-corrected chi connectivity index (χ3v) is 5.93. The van der Waals surface area contributed by atoms with Crippen LogP contribution in [0.4, 0.5) is 0 Å². The second-order valence-corrected chi connectivity index (χ2v) is 8.97. The van der Waals surface area contributed by atoms with Gasteiger partial charge in [0.05, 0.1) is 0 Å². The SMILES string of the molecule is CCCCCCCCCCCCCCC(N)(O)CCCCCCCCCC. The van der Waals surface area contributed by atoms with E-state index in [1.54, 1.807) is 0 Å². The molecule has 1 atom stereocenters. The summed E-state index contributed by atoms with van der Waals surface area (Å²) in [6, 6.07) is 0. The molecule has 0 heterocycles. The van der Waals surface area contributed by atoms with E-state index < -0.39 is 5.72 Å². The van der Waals surface area contributed by atoms with Crippen molar-refractivity contribution in [1.82, 2.24) is 0 Å². The van der Waals surface area contributed by atoms with E-state index in [9.17, 15) is 5.11 Å². The molecule has 0 rings (SSSR count). The first kappa shape index (κ1) is 26.9. The Morgan fingerprint density at radius 1 is 0.444 bits per heavy atom. The lowest BCUT2D eigenvalue weighted by atomic mass is 9.97. The number of unbranched alkanes of at least 4 members (excludes halogenated alkanes) is 18. The Morgan fingerprint density at radius 3 is 0.926 bits per heavy atom. The number of nitrogens with two attached hydrogens (primary N) is 1. The minimum atomic E-state index is -0.916. The van der Waals surface area contributed by atoms with Gasteiger partial charge in [-0.15, -0.1) is 0 Å². The van der Waals surface area contributed by atoms with E-state index in [4.69, 9.17) is 5.73 Å². The monoisotopic (exact) mass is 383 g/mol. The fourth-order valence-corrected chi connectivity index (χ4v) is 3.96. The number of hydrogen-bond donors (Lipinski definition) is 2. The molecule has 0 spiro atoms. The second kappa shape index (κ2) is 20.6. The normalized spacial score (nSPS) is 13.8. The standard InChI is InChI=1S/C25H53NO/c1-3-5-7-9-11-13-14-15-16-18-20-22-24-25(26,27)23-21-19-17-12-10-8-6-4-2/h27H,3-24,26H2,1-2H3. The summed E-state index contributed by atoms with van der Waals surface area (Å²) in [5.74, 6) is 0. The van der Waals surface area contributed by atoms with Crippen LogP contribution in [0.25, 0.3) is 0 Å². The van der Waals surface area contributed by atoms with Crippen LogP contribution in [0.15, 0.2) is 0 Å². The zero-order valence-electron chi connectivity index (χ0n) is 19.1. The van der Waals surface area contributed by atoms with Crippen molar-refractivity contribution in [3.63, 3.8) is 0 Å². The number of aliphatic hydroxyl groups is 1. The van der Waals surface area contributed by atoms with Gasteiger partial charge in [-0.05, 0) is 25.7 Å². The lowest BCUT2D eigenvalue weighted by molar-refractivity contribution is 0.0240.